The van der Waals surface area contributed by atoms with E-state index in [9.17, 15) is 0 Å². The number of ether oxygens (including phenoxy) is 1. The van der Waals surface area contributed by atoms with Crippen LogP contribution in [0.4, 0.5) is 0 Å². The van der Waals surface area contributed by atoms with E-state index in [0.717, 1.165) is 26.1 Å². The zero-order valence-corrected chi connectivity index (χ0v) is 13.1. The Kier molecular flexibility index (Phi) is 6.53. The maximum Gasteiger partial charge on any atom is 0.0661 e. The third-order valence-electron chi connectivity index (χ3n) is 3.42. The average molecular weight is 263 g/mol. The Morgan fingerprint density at radius 2 is 1.79 bits per heavy atom. The highest BCUT2D eigenvalue weighted by Gasteiger charge is 2.12. The van der Waals surface area contributed by atoms with E-state index in [4.69, 9.17) is 4.74 Å². The van der Waals surface area contributed by atoms with E-state index in [-0.39, 0.29) is 6.04 Å². The van der Waals surface area contributed by atoms with Crippen molar-refractivity contribution in [1.29, 1.82) is 0 Å². The molecule has 0 bridgehead atoms. The maximum atomic E-state index is 5.81. The minimum absolute atomic E-state index is 0.283. The minimum atomic E-state index is 0.283. The van der Waals surface area contributed by atoms with Gasteiger partial charge < -0.3 is 10.1 Å². The molecule has 1 N–H and O–H groups in total. The molecular weight excluding hydrogens is 234 g/mol. The second kappa shape index (κ2) is 7.66. The Hall–Kier alpha value is -0.860. The quantitative estimate of drug-likeness (QED) is 0.752. The molecule has 0 aliphatic heterocycles. The summed E-state index contributed by atoms with van der Waals surface area (Å²) in [7, 11) is 1.99. The fraction of sp³-hybridized carbons (Fsp3) is 0.647. The highest BCUT2D eigenvalue weighted by Crippen LogP contribution is 2.19. The monoisotopic (exact) mass is 263 g/mol. The fourth-order valence-corrected chi connectivity index (χ4v) is 1.91. The molecule has 0 aliphatic rings. The molecule has 0 heterocycles. The molecule has 0 amide bonds. The molecule has 2 heteroatoms. The molecular formula is C17H29NO. The van der Waals surface area contributed by atoms with Gasteiger partial charge >= 0.3 is 0 Å². The highest BCUT2D eigenvalue weighted by molar-refractivity contribution is 5.25. The summed E-state index contributed by atoms with van der Waals surface area (Å²) in [6.45, 7) is 10.5. The van der Waals surface area contributed by atoms with Crippen LogP contribution >= 0.6 is 0 Å². The summed E-state index contributed by atoms with van der Waals surface area (Å²) in [4.78, 5) is 0. The summed E-state index contributed by atoms with van der Waals surface area (Å²) >= 11 is 0. The van der Waals surface area contributed by atoms with Gasteiger partial charge in [0, 0.05) is 6.61 Å². The van der Waals surface area contributed by atoms with Crippen molar-refractivity contribution in [2.24, 2.45) is 5.41 Å². The zero-order chi connectivity index (χ0) is 14.3. The van der Waals surface area contributed by atoms with Crippen LogP contribution in [0.2, 0.25) is 0 Å². The molecule has 0 saturated carbocycles. The van der Waals surface area contributed by atoms with Gasteiger partial charge in [-0.3, -0.25) is 0 Å². The molecule has 108 valence electrons. The van der Waals surface area contributed by atoms with Crippen LogP contribution < -0.4 is 5.32 Å². The van der Waals surface area contributed by atoms with Crippen molar-refractivity contribution in [1.82, 2.24) is 5.32 Å². The van der Waals surface area contributed by atoms with E-state index in [0.29, 0.717) is 5.41 Å². The van der Waals surface area contributed by atoms with Crippen LogP contribution in [0.15, 0.2) is 24.3 Å². The molecule has 0 saturated heterocycles. The Balaban J connectivity index is 2.44. The summed E-state index contributed by atoms with van der Waals surface area (Å²) in [5.41, 5.74) is 3.03. The van der Waals surface area contributed by atoms with Gasteiger partial charge in [-0.15, -0.1) is 0 Å². The standard InChI is InChI=1S/C17H29NO/c1-6-14-7-9-15(10-8-14)16(18-5)13-19-12-11-17(2,3)4/h7-10,16,18H,6,11-13H2,1-5H3. The number of benzene rings is 1. The number of hydrogen-bond acceptors (Lipinski definition) is 2. The van der Waals surface area contributed by atoms with Crippen LogP contribution in [-0.2, 0) is 11.2 Å². The van der Waals surface area contributed by atoms with Gasteiger partial charge in [0.25, 0.3) is 0 Å². The molecule has 0 fully saturated rings. The Bertz CT molecular complexity index is 351. The van der Waals surface area contributed by atoms with Crippen LogP contribution in [0.3, 0.4) is 0 Å². The molecule has 1 aromatic carbocycles. The first kappa shape index (κ1) is 16.2. The second-order valence-electron chi connectivity index (χ2n) is 6.32. The smallest absolute Gasteiger partial charge is 0.0661 e. The van der Waals surface area contributed by atoms with Gasteiger partial charge in [-0.25, -0.2) is 0 Å². The van der Waals surface area contributed by atoms with Crippen LogP contribution in [0.25, 0.3) is 0 Å². The molecule has 0 aromatic heterocycles. The molecule has 1 atom stereocenters. The SMILES string of the molecule is CCc1ccc(C(COCCC(C)(C)C)NC)cc1. The lowest BCUT2D eigenvalue weighted by atomic mass is 9.93. The van der Waals surface area contributed by atoms with Crippen molar-refractivity contribution in [3.8, 4) is 0 Å². The predicted octanol–water partition coefficient (Wildman–Crippen LogP) is 3.96. The Morgan fingerprint density at radius 3 is 2.26 bits per heavy atom. The van der Waals surface area contributed by atoms with Crippen molar-refractivity contribution in [2.75, 3.05) is 20.3 Å². The largest absolute Gasteiger partial charge is 0.379 e. The second-order valence-corrected chi connectivity index (χ2v) is 6.32. The minimum Gasteiger partial charge on any atom is -0.379 e. The number of nitrogens with one attached hydrogen (secondary N) is 1. The number of rotatable bonds is 7. The van der Waals surface area contributed by atoms with Crippen molar-refractivity contribution in [2.45, 2.75) is 46.6 Å². The van der Waals surface area contributed by atoms with Crippen molar-refractivity contribution >= 4 is 0 Å². The summed E-state index contributed by atoms with van der Waals surface area (Å²) in [6, 6.07) is 9.09. The van der Waals surface area contributed by atoms with E-state index in [1.165, 1.54) is 11.1 Å². The molecule has 1 unspecified atom stereocenters. The Morgan fingerprint density at radius 1 is 1.16 bits per heavy atom. The van der Waals surface area contributed by atoms with E-state index < -0.39 is 0 Å². The molecule has 1 aromatic rings. The van der Waals surface area contributed by atoms with E-state index in [1.54, 1.807) is 0 Å². The van der Waals surface area contributed by atoms with Gasteiger partial charge in [0.05, 0.1) is 12.6 Å². The molecule has 0 aliphatic carbocycles. The molecule has 2 nitrogen and oxygen atoms in total. The van der Waals surface area contributed by atoms with Gasteiger partial charge in [0.15, 0.2) is 0 Å². The van der Waals surface area contributed by atoms with Gasteiger partial charge in [-0.05, 0) is 36.4 Å². The lowest BCUT2D eigenvalue weighted by Gasteiger charge is -2.20. The third-order valence-corrected chi connectivity index (χ3v) is 3.42. The first-order valence-corrected chi connectivity index (χ1v) is 7.30. The Labute approximate surface area is 118 Å². The van der Waals surface area contributed by atoms with E-state index >= 15 is 0 Å². The van der Waals surface area contributed by atoms with Gasteiger partial charge in [-0.2, -0.15) is 0 Å². The van der Waals surface area contributed by atoms with Crippen molar-refractivity contribution < 1.29 is 4.74 Å². The molecule has 19 heavy (non-hydrogen) atoms. The third kappa shape index (κ3) is 6.22. The first-order valence-electron chi connectivity index (χ1n) is 7.30. The van der Waals surface area contributed by atoms with Crippen LogP contribution in [0.1, 0.15) is 51.3 Å². The first-order chi connectivity index (χ1) is 8.96. The van der Waals surface area contributed by atoms with Crippen molar-refractivity contribution in [3.05, 3.63) is 35.4 Å². The zero-order valence-electron chi connectivity index (χ0n) is 13.1. The van der Waals surface area contributed by atoms with E-state index in [2.05, 4.69) is 57.3 Å². The van der Waals surface area contributed by atoms with E-state index in [1.807, 2.05) is 7.05 Å². The number of likely N-dealkylation sites (N-methyl/N-ethyl adjacent to an activating group) is 1. The topological polar surface area (TPSA) is 21.3 Å². The summed E-state index contributed by atoms with van der Waals surface area (Å²) in [6.07, 6.45) is 2.19. The van der Waals surface area contributed by atoms with Crippen LogP contribution in [0, 0.1) is 5.41 Å². The van der Waals surface area contributed by atoms with Crippen molar-refractivity contribution in [3.63, 3.8) is 0 Å². The molecule has 0 radical (unpaired) electrons. The van der Waals surface area contributed by atoms with Gasteiger partial charge in [0.1, 0.15) is 0 Å². The number of aryl methyl sites for hydroxylation is 1. The van der Waals surface area contributed by atoms with Crippen LogP contribution in [0.5, 0.6) is 0 Å². The molecule has 1 rings (SSSR count). The fourth-order valence-electron chi connectivity index (χ4n) is 1.91. The lowest BCUT2D eigenvalue weighted by molar-refractivity contribution is 0.0914. The van der Waals surface area contributed by atoms with Gasteiger partial charge in [-0.1, -0.05) is 52.0 Å². The summed E-state index contributed by atoms with van der Waals surface area (Å²) in [5, 5.41) is 3.33. The van der Waals surface area contributed by atoms with Crippen LogP contribution in [-0.4, -0.2) is 20.3 Å². The average Bonchev–Trinajstić information content (AvgIpc) is 2.38. The highest BCUT2D eigenvalue weighted by atomic mass is 16.5. The summed E-state index contributed by atoms with van der Waals surface area (Å²) < 4.78 is 5.81. The predicted molar refractivity (Wildman–Crippen MR) is 82.5 cm³/mol. The summed E-state index contributed by atoms with van der Waals surface area (Å²) in [5.74, 6) is 0. The van der Waals surface area contributed by atoms with Gasteiger partial charge in [0.2, 0.25) is 0 Å². The molecule has 0 spiro atoms. The lowest BCUT2D eigenvalue weighted by Crippen LogP contribution is -2.22. The normalized spacial score (nSPS) is 13.5. The number of hydrogen-bond donors (Lipinski definition) is 1. The maximum absolute atomic E-state index is 5.81.